The van der Waals surface area contributed by atoms with E-state index in [1.807, 2.05) is 30.3 Å². The van der Waals surface area contributed by atoms with E-state index < -0.39 is 11.6 Å². The van der Waals surface area contributed by atoms with Gasteiger partial charge in [0.2, 0.25) is 11.6 Å². The fourth-order valence-electron chi connectivity index (χ4n) is 1.55. The summed E-state index contributed by atoms with van der Waals surface area (Å²) in [6.07, 6.45) is 2.62. The normalized spacial score (nSPS) is 15.8. The van der Waals surface area contributed by atoms with Gasteiger partial charge < -0.3 is 5.11 Å². The van der Waals surface area contributed by atoms with Crippen LogP contribution in [-0.4, -0.2) is 16.7 Å². The van der Waals surface area contributed by atoms with E-state index in [1.165, 1.54) is 6.08 Å². The molecule has 3 nitrogen and oxygen atoms in total. The van der Waals surface area contributed by atoms with Crippen LogP contribution < -0.4 is 0 Å². The lowest BCUT2D eigenvalue weighted by molar-refractivity contribution is -0.131. The molecule has 1 N–H and O–H groups in total. The molecular weight excluding hydrogens is 204 g/mol. The highest BCUT2D eigenvalue weighted by Gasteiger charge is 2.19. The predicted molar refractivity (Wildman–Crippen MR) is 59.0 cm³/mol. The molecule has 1 aliphatic carbocycles. The summed E-state index contributed by atoms with van der Waals surface area (Å²) in [4.78, 5) is 22.1. The monoisotopic (exact) mass is 214 g/mol. The van der Waals surface area contributed by atoms with Crippen molar-refractivity contribution in [3.05, 3.63) is 59.4 Å². The molecule has 0 heterocycles. The number of hydrogen-bond acceptors (Lipinski definition) is 3. The molecule has 0 saturated carbocycles. The van der Waals surface area contributed by atoms with Gasteiger partial charge in [-0.1, -0.05) is 30.3 Å². The molecule has 1 aromatic rings. The van der Waals surface area contributed by atoms with Gasteiger partial charge in [0.15, 0.2) is 0 Å². The molecule has 3 heteroatoms. The maximum atomic E-state index is 11.2. The lowest BCUT2D eigenvalue weighted by Crippen LogP contribution is -2.15. The van der Waals surface area contributed by atoms with Gasteiger partial charge in [0.05, 0.1) is 0 Å². The van der Waals surface area contributed by atoms with Gasteiger partial charge in [-0.05, 0) is 11.6 Å². The number of carbonyl (C=O) groups is 2. The quantitative estimate of drug-likeness (QED) is 0.602. The zero-order valence-corrected chi connectivity index (χ0v) is 8.51. The van der Waals surface area contributed by atoms with Crippen LogP contribution in [0.2, 0.25) is 0 Å². The number of ketones is 2. The van der Waals surface area contributed by atoms with Crippen LogP contribution >= 0.6 is 0 Å². The Morgan fingerprint density at radius 2 is 1.56 bits per heavy atom. The highest BCUT2D eigenvalue weighted by atomic mass is 16.3. The van der Waals surface area contributed by atoms with Gasteiger partial charge in [0.25, 0.3) is 0 Å². The molecule has 0 fully saturated rings. The van der Waals surface area contributed by atoms with Gasteiger partial charge in [0.1, 0.15) is 5.76 Å². The van der Waals surface area contributed by atoms with Crippen LogP contribution in [0.4, 0.5) is 0 Å². The van der Waals surface area contributed by atoms with Crippen molar-refractivity contribution in [3.8, 4) is 0 Å². The summed E-state index contributed by atoms with van der Waals surface area (Å²) < 4.78 is 0. The fraction of sp³-hybridized carbons (Fsp3) is 0.0769. The van der Waals surface area contributed by atoms with E-state index in [2.05, 4.69) is 0 Å². The Morgan fingerprint density at radius 3 is 2.25 bits per heavy atom. The van der Waals surface area contributed by atoms with E-state index in [0.717, 1.165) is 11.6 Å². The molecule has 1 aromatic carbocycles. The molecule has 0 saturated heterocycles. The second-order valence-corrected chi connectivity index (χ2v) is 3.59. The van der Waals surface area contributed by atoms with Crippen molar-refractivity contribution < 1.29 is 14.7 Å². The minimum Gasteiger partial charge on any atom is -0.508 e. The number of hydrogen-bond donors (Lipinski definition) is 1. The lowest BCUT2D eigenvalue weighted by Gasteiger charge is -2.09. The Kier molecular flexibility index (Phi) is 2.68. The first kappa shape index (κ1) is 10.4. The summed E-state index contributed by atoms with van der Waals surface area (Å²) in [6.45, 7) is 0. The maximum absolute atomic E-state index is 11.2. The Hall–Kier alpha value is -2.16. The van der Waals surface area contributed by atoms with Crippen molar-refractivity contribution in [2.75, 3.05) is 0 Å². The van der Waals surface area contributed by atoms with E-state index >= 15 is 0 Å². The van der Waals surface area contributed by atoms with Crippen LogP contribution in [0.1, 0.15) is 5.56 Å². The third kappa shape index (κ3) is 2.08. The Labute approximate surface area is 92.7 Å². The molecule has 0 unspecified atom stereocenters. The number of aliphatic hydroxyl groups excluding tert-OH is 1. The van der Waals surface area contributed by atoms with Gasteiger partial charge in [-0.15, -0.1) is 0 Å². The van der Waals surface area contributed by atoms with E-state index in [9.17, 15) is 14.7 Å². The Morgan fingerprint density at radius 1 is 0.938 bits per heavy atom. The smallest absolute Gasteiger partial charge is 0.229 e. The topological polar surface area (TPSA) is 54.4 Å². The standard InChI is InChI=1S/C13H10O3/c14-11-8-13(16)12(15)7-10(11)6-9-4-2-1-3-5-9/h1-5,7-8,14H,6H2. The van der Waals surface area contributed by atoms with E-state index in [-0.39, 0.29) is 5.76 Å². The molecule has 80 valence electrons. The van der Waals surface area contributed by atoms with Crippen molar-refractivity contribution >= 4 is 11.6 Å². The second kappa shape index (κ2) is 4.14. The fourth-order valence-corrected chi connectivity index (χ4v) is 1.55. The zero-order chi connectivity index (χ0) is 11.5. The summed E-state index contributed by atoms with van der Waals surface area (Å²) in [5.41, 5.74) is 1.46. The predicted octanol–water partition coefficient (Wildman–Crippen LogP) is 1.75. The van der Waals surface area contributed by atoms with Crippen molar-refractivity contribution in [1.29, 1.82) is 0 Å². The van der Waals surface area contributed by atoms with Gasteiger partial charge >= 0.3 is 0 Å². The van der Waals surface area contributed by atoms with Crippen LogP contribution in [0.5, 0.6) is 0 Å². The molecular formula is C13H10O3. The molecule has 0 spiro atoms. The van der Waals surface area contributed by atoms with Gasteiger partial charge in [-0.25, -0.2) is 0 Å². The number of allylic oxidation sites excluding steroid dienone is 3. The molecule has 0 amide bonds. The molecule has 0 aromatic heterocycles. The van der Waals surface area contributed by atoms with Crippen molar-refractivity contribution in [3.63, 3.8) is 0 Å². The third-order valence-corrected chi connectivity index (χ3v) is 2.38. The Balaban J connectivity index is 2.23. The number of aliphatic hydroxyl groups is 1. The molecule has 1 aliphatic rings. The highest BCUT2D eigenvalue weighted by Crippen LogP contribution is 2.17. The zero-order valence-electron chi connectivity index (χ0n) is 8.51. The van der Waals surface area contributed by atoms with E-state index in [4.69, 9.17) is 0 Å². The van der Waals surface area contributed by atoms with Crippen LogP contribution in [0.25, 0.3) is 0 Å². The number of rotatable bonds is 2. The SMILES string of the molecule is O=C1C=C(O)C(Cc2ccccc2)=CC1=O. The van der Waals surface area contributed by atoms with Crippen molar-refractivity contribution in [2.45, 2.75) is 6.42 Å². The van der Waals surface area contributed by atoms with E-state index in [0.29, 0.717) is 12.0 Å². The van der Waals surface area contributed by atoms with Crippen LogP contribution in [0.3, 0.4) is 0 Å². The van der Waals surface area contributed by atoms with Gasteiger partial charge in [-0.3, -0.25) is 9.59 Å². The third-order valence-electron chi connectivity index (χ3n) is 2.38. The summed E-state index contributed by atoms with van der Waals surface area (Å²) >= 11 is 0. The summed E-state index contributed by atoms with van der Waals surface area (Å²) in [6, 6.07) is 9.45. The minimum absolute atomic E-state index is 0.117. The first-order valence-corrected chi connectivity index (χ1v) is 4.90. The average molecular weight is 214 g/mol. The largest absolute Gasteiger partial charge is 0.508 e. The molecule has 0 atom stereocenters. The second-order valence-electron chi connectivity index (χ2n) is 3.59. The molecule has 0 aliphatic heterocycles. The molecule has 2 rings (SSSR count). The van der Waals surface area contributed by atoms with Gasteiger partial charge in [-0.2, -0.15) is 0 Å². The highest BCUT2D eigenvalue weighted by molar-refractivity contribution is 6.46. The Bertz CT molecular complexity index is 495. The summed E-state index contributed by atoms with van der Waals surface area (Å²) in [5, 5.41) is 9.54. The molecule has 16 heavy (non-hydrogen) atoms. The van der Waals surface area contributed by atoms with E-state index in [1.54, 1.807) is 0 Å². The van der Waals surface area contributed by atoms with Crippen LogP contribution in [-0.2, 0) is 16.0 Å². The van der Waals surface area contributed by atoms with Crippen LogP contribution in [0.15, 0.2) is 53.8 Å². The average Bonchev–Trinajstić information content (AvgIpc) is 2.27. The summed E-state index contributed by atoms with van der Waals surface area (Å²) in [5.74, 6) is -1.37. The summed E-state index contributed by atoms with van der Waals surface area (Å²) in [7, 11) is 0. The maximum Gasteiger partial charge on any atom is 0.229 e. The number of carbonyl (C=O) groups excluding carboxylic acids is 2. The van der Waals surface area contributed by atoms with Crippen molar-refractivity contribution in [2.24, 2.45) is 0 Å². The molecule has 0 radical (unpaired) electrons. The van der Waals surface area contributed by atoms with Crippen LogP contribution in [0, 0.1) is 0 Å². The molecule has 0 bridgehead atoms. The first-order valence-electron chi connectivity index (χ1n) is 4.90. The van der Waals surface area contributed by atoms with Gasteiger partial charge in [0, 0.05) is 18.1 Å². The number of benzene rings is 1. The lowest BCUT2D eigenvalue weighted by atomic mass is 9.97. The minimum atomic E-state index is -0.672. The van der Waals surface area contributed by atoms with Crippen molar-refractivity contribution in [1.82, 2.24) is 0 Å². The first-order chi connectivity index (χ1) is 7.66.